The van der Waals surface area contributed by atoms with Crippen molar-refractivity contribution < 1.29 is 14.4 Å². The maximum absolute atomic E-state index is 11.4. The molecule has 2 amide bonds. The zero-order chi connectivity index (χ0) is 10.9. The van der Waals surface area contributed by atoms with Gasteiger partial charge >= 0.3 is 0 Å². The third-order valence-electron chi connectivity index (χ3n) is 2.22. The minimum Gasteiger partial charge on any atom is -0.328 e. The number of likely N-dealkylation sites (tertiary alicyclic amines) is 1. The second-order valence-electron chi connectivity index (χ2n) is 3.27. The van der Waals surface area contributed by atoms with Gasteiger partial charge in [0, 0.05) is 6.54 Å². The van der Waals surface area contributed by atoms with Crippen molar-refractivity contribution >= 4 is 17.6 Å². The average molecular weight is 199 g/mol. The Kier molecular flexibility index (Phi) is 2.97. The van der Waals surface area contributed by atoms with Gasteiger partial charge in [0.15, 0.2) is 5.78 Å². The normalized spacial score (nSPS) is 24.2. The van der Waals surface area contributed by atoms with E-state index >= 15 is 0 Å². The summed E-state index contributed by atoms with van der Waals surface area (Å²) in [5.41, 5.74) is 10.7. The lowest BCUT2D eigenvalue weighted by Crippen LogP contribution is -2.49. The predicted octanol–water partition coefficient (Wildman–Crippen LogP) is -2.01. The SMILES string of the molecule is CC(=O)C(CN)N1C(=O)CC(N)C1=O. The molecule has 0 spiro atoms. The molecule has 0 aromatic rings. The third-order valence-corrected chi connectivity index (χ3v) is 2.22. The second kappa shape index (κ2) is 3.85. The summed E-state index contributed by atoms with van der Waals surface area (Å²) < 4.78 is 0. The molecule has 0 aromatic carbocycles. The van der Waals surface area contributed by atoms with E-state index in [-0.39, 0.29) is 18.7 Å². The van der Waals surface area contributed by atoms with Crippen molar-refractivity contribution in [2.75, 3.05) is 6.54 Å². The van der Waals surface area contributed by atoms with Gasteiger partial charge in [-0.3, -0.25) is 19.3 Å². The van der Waals surface area contributed by atoms with Crippen molar-refractivity contribution in [2.45, 2.75) is 25.4 Å². The van der Waals surface area contributed by atoms with Gasteiger partial charge in [-0.1, -0.05) is 0 Å². The van der Waals surface area contributed by atoms with E-state index in [1.54, 1.807) is 0 Å². The summed E-state index contributed by atoms with van der Waals surface area (Å²) in [5.74, 6) is -1.24. The van der Waals surface area contributed by atoms with Crippen LogP contribution in [0.25, 0.3) is 0 Å². The van der Waals surface area contributed by atoms with Crippen LogP contribution in [0.1, 0.15) is 13.3 Å². The fourth-order valence-electron chi connectivity index (χ4n) is 1.46. The zero-order valence-electron chi connectivity index (χ0n) is 7.90. The molecule has 0 aliphatic carbocycles. The van der Waals surface area contributed by atoms with Crippen LogP contribution in [0.2, 0.25) is 0 Å². The van der Waals surface area contributed by atoms with E-state index in [9.17, 15) is 14.4 Å². The number of imide groups is 1. The van der Waals surface area contributed by atoms with Crippen LogP contribution >= 0.6 is 0 Å². The van der Waals surface area contributed by atoms with Gasteiger partial charge in [-0.15, -0.1) is 0 Å². The van der Waals surface area contributed by atoms with Crippen molar-refractivity contribution in [3.8, 4) is 0 Å². The molecule has 1 saturated heterocycles. The number of nitrogens with two attached hydrogens (primary N) is 2. The highest BCUT2D eigenvalue weighted by Crippen LogP contribution is 2.14. The molecule has 0 aromatic heterocycles. The molecule has 0 radical (unpaired) electrons. The van der Waals surface area contributed by atoms with E-state index in [4.69, 9.17) is 11.5 Å². The number of hydrogen-bond acceptors (Lipinski definition) is 5. The molecule has 1 aliphatic heterocycles. The van der Waals surface area contributed by atoms with Crippen molar-refractivity contribution in [2.24, 2.45) is 11.5 Å². The van der Waals surface area contributed by atoms with Gasteiger partial charge in [0.1, 0.15) is 6.04 Å². The summed E-state index contributed by atoms with van der Waals surface area (Å²) in [6.07, 6.45) is -0.0391. The minimum absolute atomic E-state index is 0.0391. The van der Waals surface area contributed by atoms with Crippen LogP contribution < -0.4 is 11.5 Å². The quantitative estimate of drug-likeness (QED) is 0.511. The fraction of sp³-hybridized carbons (Fsp3) is 0.625. The molecule has 14 heavy (non-hydrogen) atoms. The van der Waals surface area contributed by atoms with E-state index in [2.05, 4.69) is 0 Å². The smallest absolute Gasteiger partial charge is 0.247 e. The maximum atomic E-state index is 11.4. The Balaban J connectivity index is 2.90. The highest BCUT2D eigenvalue weighted by molar-refractivity contribution is 6.08. The van der Waals surface area contributed by atoms with Gasteiger partial charge in [0.25, 0.3) is 0 Å². The summed E-state index contributed by atoms with van der Waals surface area (Å²) in [6.45, 7) is 1.24. The first-order valence-electron chi connectivity index (χ1n) is 4.31. The van der Waals surface area contributed by atoms with Gasteiger partial charge < -0.3 is 11.5 Å². The van der Waals surface area contributed by atoms with Crippen LogP contribution in [-0.2, 0) is 14.4 Å². The van der Waals surface area contributed by atoms with E-state index in [0.717, 1.165) is 4.90 Å². The van der Waals surface area contributed by atoms with Crippen molar-refractivity contribution in [1.29, 1.82) is 0 Å². The third kappa shape index (κ3) is 1.66. The number of carbonyl (C=O) groups excluding carboxylic acids is 3. The summed E-state index contributed by atoms with van der Waals surface area (Å²) in [5, 5.41) is 0. The monoisotopic (exact) mass is 199 g/mol. The predicted molar refractivity (Wildman–Crippen MR) is 48.0 cm³/mol. The number of ketones is 1. The maximum Gasteiger partial charge on any atom is 0.247 e. The van der Waals surface area contributed by atoms with E-state index in [0.29, 0.717) is 0 Å². The average Bonchev–Trinajstić information content (AvgIpc) is 2.32. The molecular formula is C8H13N3O3. The molecule has 2 atom stereocenters. The first kappa shape index (κ1) is 10.8. The van der Waals surface area contributed by atoms with Crippen molar-refractivity contribution in [1.82, 2.24) is 4.90 Å². The van der Waals surface area contributed by atoms with Gasteiger partial charge in [0.2, 0.25) is 11.8 Å². The number of amides is 2. The first-order chi connectivity index (χ1) is 6.49. The standard InChI is InChI=1S/C8H13N3O3/c1-4(12)6(3-9)11-7(13)2-5(10)8(11)14/h5-6H,2-3,9-10H2,1H3. The molecule has 6 heteroatoms. The molecule has 0 bridgehead atoms. The van der Waals surface area contributed by atoms with Crippen LogP contribution in [-0.4, -0.2) is 41.1 Å². The summed E-state index contributed by atoms with van der Waals surface area (Å²) >= 11 is 0. The van der Waals surface area contributed by atoms with Crippen LogP contribution in [0.4, 0.5) is 0 Å². The first-order valence-corrected chi connectivity index (χ1v) is 4.31. The molecule has 1 aliphatic rings. The fourth-order valence-corrected chi connectivity index (χ4v) is 1.46. The lowest BCUT2D eigenvalue weighted by molar-refractivity contribution is -0.145. The highest BCUT2D eigenvalue weighted by Gasteiger charge is 2.41. The van der Waals surface area contributed by atoms with Gasteiger partial charge in [-0.05, 0) is 6.92 Å². The van der Waals surface area contributed by atoms with E-state index in [1.165, 1.54) is 6.92 Å². The molecular weight excluding hydrogens is 186 g/mol. The van der Waals surface area contributed by atoms with Crippen molar-refractivity contribution in [3.05, 3.63) is 0 Å². The summed E-state index contributed by atoms with van der Waals surface area (Å²) in [7, 11) is 0. The largest absolute Gasteiger partial charge is 0.328 e. The lowest BCUT2D eigenvalue weighted by Gasteiger charge is -2.22. The van der Waals surface area contributed by atoms with Gasteiger partial charge in [-0.25, -0.2) is 0 Å². The Hall–Kier alpha value is -1.27. The van der Waals surface area contributed by atoms with Gasteiger partial charge in [0.05, 0.1) is 12.5 Å². The summed E-state index contributed by atoms with van der Waals surface area (Å²) in [4.78, 5) is 34.7. The Labute approximate surface area is 81.2 Å². The Morgan fingerprint density at radius 2 is 2.21 bits per heavy atom. The van der Waals surface area contributed by atoms with E-state index < -0.39 is 23.9 Å². The molecule has 78 valence electrons. The Morgan fingerprint density at radius 3 is 2.50 bits per heavy atom. The number of rotatable bonds is 3. The number of Topliss-reactive ketones (excluding diaryl/α,β-unsaturated/α-hetero) is 1. The highest BCUT2D eigenvalue weighted by atomic mass is 16.2. The molecule has 1 fully saturated rings. The van der Waals surface area contributed by atoms with Crippen LogP contribution in [0.5, 0.6) is 0 Å². The van der Waals surface area contributed by atoms with Crippen molar-refractivity contribution in [3.63, 3.8) is 0 Å². The molecule has 4 N–H and O–H groups in total. The van der Waals surface area contributed by atoms with Crippen LogP contribution in [0, 0.1) is 0 Å². The van der Waals surface area contributed by atoms with Crippen LogP contribution in [0.15, 0.2) is 0 Å². The number of nitrogens with zero attached hydrogens (tertiary/aromatic N) is 1. The van der Waals surface area contributed by atoms with E-state index in [1.807, 2.05) is 0 Å². The molecule has 1 heterocycles. The Morgan fingerprint density at radius 1 is 1.64 bits per heavy atom. The second-order valence-corrected chi connectivity index (χ2v) is 3.27. The molecule has 1 rings (SSSR count). The van der Waals surface area contributed by atoms with Gasteiger partial charge in [-0.2, -0.15) is 0 Å². The molecule has 2 unspecified atom stereocenters. The Bertz CT molecular complexity index is 290. The molecule has 6 nitrogen and oxygen atoms in total. The topological polar surface area (TPSA) is 106 Å². The molecule has 0 saturated carbocycles. The zero-order valence-corrected chi connectivity index (χ0v) is 7.90. The number of hydrogen-bond donors (Lipinski definition) is 2. The summed E-state index contributed by atoms with van der Waals surface area (Å²) in [6, 6.07) is -1.68. The minimum atomic E-state index is -0.858. The van der Waals surface area contributed by atoms with Crippen LogP contribution in [0.3, 0.4) is 0 Å². The number of carbonyl (C=O) groups is 3. The lowest BCUT2D eigenvalue weighted by atomic mass is 10.2.